The smallest absolute Gasteiger partial charge is 0.145 e. The van der Waals surface area contributed by atoms with Crippen molar-refractivity contribution in [2.24, 2.45) is 0 Å². The van der Waals surface area contributed by atoms with E-state index in [1.807, 2.05) is 13.8 Å². The number of nitrogens with zero attached hydrogens (tertiary/aromatic N) is 1. The molecule has 9 aromatic carbocycles. The molecule has 0 fully saturated rings. The second-order valence-corrected chi connectivity index (χ2v) is 16.0. The summed E-state index contributed by atoms with van der Waals surface area (Å²) < 4.78 is 7.02. The van der Waals surface area contributed by atoms with E-state index < -0.39 is 0 Å². The molecule has 0 saturated carbocycles. The van der Waals surface area contributed by atoms with Crippen molar-refractivity contribution in [3.8, 4) is 55.6 Å². The lowest BCUT2D eigenvalue weighted by atomic mass is 9.82. The number of para-hydroxylation sites is 1. The van der Waals surface area contributed by atoms with E-state index in [0.717, 1.165) is 44.6 Å². The maximum absolute atomic E-state index is 7.02. The van der Waals surface area contributed by atoms with E-state index in [1.165, 1.54) is 72.0 Å². The van der Waals surface area contributed by atoms with Crippen LogP contribution in [0.1, 0.15) is 38.8 Å². The minimum Gasteiger partial charge on any atom is -0.455 e. The first-order valence-electron chi connectivity index (χ1n) is 20.9. The highest BCUT2D eigenvalue weighted by Gasteiger charge is 2.38. The summed E-state index contributed by atoms with van der Waals surface area (Å²) in [5.41, 5.74) is 20.1. The molecule has 10 aromatic rings. The number of hydrogen-bond donors (Lipinski definition) is 0. The number of fused-ring (bicyclic) bond motifs is 9. The van der Waals surface area contributed by atoms with Crippen LogP contribution >= 0.6 is 0 Å². The summed E-state index contributed by atoms with van der Waals surface area (Å²) in [5, 5.41) is 4.75. The molecule has 2 nitrogen and oxygen atoms in total. The standard InChI is InChI=1S/C55H37NO.C2H6/c1-55(2)46-22-10-8-18-44(46)52-47(55)23-13-24-48(52)56(36-28-26-35(27-29-36)34-14-4-3-5-15-34)49-33-32-43(54-53(49)45-19-9-11-25-50(45)57-54)39-30-31-42-38-17-7-6-16-37(38)40-20-12-21-41(39)51(40)42;1-2/h3-33H,1-2H3;1-2H3. The molecule has 282 valence electrons. The summed E-state index contributed by atoms with van der Waals surface area (Å²) in [6.07, 6.45) is 0. The van der Waals surface area contributed by atoms with E-state index in [-0.39, 0.29) is 5.41 Å². The molecule has 0 N–H and O–H groups in total. The lowest BCUT2D eigenvalue weighted by molar-refractivity contribution is 0.660. The molecule has 0 unspecified atom stereocenters. The Morgan fingerprint density at radius 1 is 0.390 bits per heavy atom. The molecule has 59 heavy (non-hydrogen) atoms. The second kappa shape index (κ2) is 13.5. The third kappa shape index (κ3) is 5.12. The third-order valence-electron chi connectivity index (χ3n) is 12.6. The molecule has 2 aliphatic carbocycles. The van der Waals surface area contributed by atoms with E-state index in [2.05, 4.69) is 207 Å². The molecule has 2 heteroatoms. The molecule has 1 aromatic heterocycles. The predicted octanol–water partition coefficient (Wildman–Crippen LogP) is 16.5. The monoisotopic (exact) mass is 757 g/mol. The van der Waals surface area contributed by atoms with Gasteiger partial charge in [0.2, 0.25) is 0 Å². The number of hydrogen-bond acceptors (Lipinski definition) is 2. The van der Waals surface area contributed by atoms with Gasteiger partial charge in [-0.05, 0) is 103 Å². The zero-order valence-electron chi connectivity index (χ0n) is 33.8. The summed E-state index contributed by atoms with van der Waals surface area (Å²) in [4.78, 5) is 2.48. The largest absolute Gasteiger partial charge is 0.455 e. The lowest BCUT2D eigenvalue weighted by Gasteiger charge is -2.30. The number of anilines is 3. The lowest BCUT2D eigenvalue weighted by Crippen LogP contribution is -2.16. The number of rotatable bonds is 5. The van der Waals surface area contributed by atoms with Crippen molar-refractivity contribution < 1.29 is 4.42 Å². The predicted molar refractivity (Wildman–Crippen MR) is 250 cm³/mol. The topological polar surface area (TPSA) is 16.4 Å². The average molecular weight is 758 g/mol. The zero-order chi connectivity index (χ0) is 39.8. The van der Waals surface area contributed by atoms with E-state index in [9.17, 15) is 0 Å². The summed E-state index contributed by atoms with van der Waals surface area (Å²) in [6.45, 7) is 8.71. The highest BCUT2D eigenvalue weighted by Crippen LogP contribution is 2.56. The van der Waals surface area contributed by atoms with Crippen molar-refractivity contribution in [3.63, 3.8) is 0 Å². The maximum atomic E-state index is 7.02. The Balaban J connectivity index is 0.00000196. The van der Waals surface area contributed by atoms with Gasteiger partial charge in [-0.2, -0.15) is 0 Å². The number of benzene rings is 9. The molecule has 0 amide bonds. The molecule has 1 heterocycles. The van der Waals surface area contributed by atoms with Crippen LogP contribution in [-0.4, -0.2) is 0 Å². The Labute approximate surface area is 345 Å². The Hall–Kier alpha value is -7.16. The third-order valence-corrected chi connectivity index (χ3v) is 12.6. The Morgan fingerprint density at radius 3 is 1.76 bits per heavy atom. The summed E-state index contributed by atoms with van der Waals surface area (Å²) in [6, 6.07) is 68.7. The van der Waals surface area contributed by atoms with E-state index in [4.69, 9.17) is 4.42 Å². The molecular weight excluding hydrogens is 715 g/mol. The molecule has 0 atom stereocenters. The van der Waals surface area contributed by atoms with Crippen LogP contribution in [0.2, 0.25) is 0 Å². The molecule has 0 spiro atoms. The first kappa shape index (κ1) is 35.0. The fraction of sp³-hybridized carbons (Fsp3) is 0.0877. The van der Waals surface area contributed by atoms with Crippen LogP contribution in [0.25, 0.3) is 88.3 Å². The fourth-order valence-corrected chi connectivity index (χ4v) is 10.0. The van der Waals surface area contributed by atoms with E-state index >= 15 is 0 Å². The first-order valence-corrected chi connectivity index (χ1v) is 20.9. The van der Waals surface area contributed by atoms with Crippen LogP contribution < -0.4 is 4.90 Å². The second-order valence-electron chi connectivity index (χ2n) is 16.0. The van der Waals surface area contributed by atoms with Gasteiger partial charge >= 0.3 is 0 Å². The summed E-state index contributed by atoms with van der Waals surface area (Å²) in [5.74, 6) is 0. The highest BCUT2D eigenvalue weighted by atomic mass is 16.3. The normalized spacial score (nSPS) is 12.9. The molecular formula is C57H43NO. The summed E-state index contributed by atoms with van der Waals surface area (Å²) in [7, 11) is 0. The Bertz CT molecular complexity index is 3230. The fourth-order valence-electron chi connectivity index (χ4n) is 10.0. The van der Waals surface area contributed by atoms with E-state index in [0.29, 0.717) is 0 Å². The van der Waals surface area contributed by atoms with Gasteiger partial charge in [-0.1, -0.05) is 179 Å². The van der Waals surface area contributed by atoms with Crippen molar-refractivity contribution in [3.05, 3.63) is 199 Å². The van der Waals surface area contributed by atoms with Gasteiger partial charge in [0.25, 0.3) is 0 Å². The summed E-state index contributed by atoms with van der Waals surface area (Å²) >= 11 is 0. The van der Waals surface area contributed by atoms with Crippen molar-refractivity contribution in [1.29, 1.82) is 0 Å². The molecule has 2 aliphatic rings. The van der Waals surface area contributed by atoms with Gasteiger partial charge < -0.3 is 9.32 Å². The molecule has 0 saturated heterocycles. The van der Waals surface area contributed by atoms with Gasteiger partial charge in [-0.15, -0.1) is 0 Å². The van der Waals surface area contributed by atoms with Crippen molar-refractivity contribution in [1.82, 2.24) is 0 Å². The van der Waals surface area contributed by atoms with Gasteiger partial charge in [-0.25, -0.2) is 0 Å². The van der Waals surface area contributed by atoms with Gasteiger partial charge in [0.1, 0.15) is 11.2 Å². The van der Waals surface area contributed by atoms with E-state index in [1.54, 1.807) is 0 Å². The molecule has 12 rings (SSSR count). The minimum absolute atomic E-state index is 0.137. The quantitative estimate of drug-likeness (QED) is 0.174. The molecule has 0 radical (unpaired) electrons. The van der Waals surface area contributed by atoms with Crippen molar-refractivity contribution in [2.45, 2.75) is 33.1 Å². The van der Waals surface area contributed by atoms with Crippen LogP contribution in [0.3, 0.4) is 0 Å². The van der Waals surface area contributed by atoms with Gasteiger partial charge in [0.15, 0.2) is 0 Å². The van der Waals surface area contributed by atoms with Crippen LogP contribution in [0, 0.1) is 0 Å². The highest BCUT2D eigenvalue weighted by molar-refractivity contribution is 6.22. The van der Waals surface area contributed by atoms with Crippen LogP contribution in [-0.2, 0) is 5.41 Å². The van der Waals surface area contributed by atoms with Gasteiger partial charge in [-0.3, -0.25) is 0 Å². The minimum atomic E-state index is -0.137. The first-order chi connectivity index (χ1) is 29.1. The average Bonchev–Trinajstić information content (AvgIpc) is 3.93. The van der Waals surface area contributed by atoms with Crippen LogP contribution in [0.15, 0.2) is 192 Å². The van der Waals surface area contributed by atoms with Gasteiger partial charge in [0, 0.05) is 27.6 Å². The molecule has 0 aliphatic heterocycles. The SMILES string of the molecule is CC.CC1(C)c2ccccc2-c2c(N(c3ccc(-c4ccccc4)cc3)c3ccc(-c4ccc5c6c(cccc46)-c4ccccc4-5)c4oc5ccccc5c34)cccc21. The van der Waals surface area contributed by atoms with Crippen molar-refractivity contribution >= 4 is 49.8 Å². The van der Waals surface area contributed by atoms with Crippen molar-refractivity contribution in [2.75, 3.05) is 4.90 Å². The maximum Gasteiger partial charge on any atom is 0.145 e. The van der Waals surface area contributed by atoms with Crippen LogP contribution in [0.5, 0.6) is 0 Å². The Morgan fingerprint density at radius 2 is 0.966 bits per heavy atom. The number of furan rings is 1. The molecule has 0 bridgehead atoms. The Kier molecular flexibility index (Phi) is 8.00. The van der Waals surface area contributed by atoms with Gasteiger partial charge in [0.05, 0.1) is 16.8 Å². The van der Waals surface area contributed by atoms with Crippen LogP contribution in [0.4, 0.5) is 17.1 Å². The zero-order valence-corrected chi connectivity index (χ0v) is 33.8.